The Labute approximate surface area is 152 Å². The Kier molecular flexibility index (Phi) is 6.93. The molecule has 0 aliphatic heterocycles. The summed E-state index contributed by atoms with van der Waals surface area (Å²) in [6.45, 7) is 2.12. The molecule has 0 heterocycles. The lowest BCUT2D eigenvalue weighted by molar-refractivity contribution is 0.151. The Bertz CT molecular complexity index is 804. The number of hydrogen-bond acceptors (Lipinski definition) is 4. The lowest BCUT2D eigenvalue weighted by Gasteiger charge is -2.19. The summed E-state index contributed by atoms with van der Waals surface area (Å²) in [6.07, 6.45) is 5.65. The van der Waals surface area contributed by atoms with Crippen LogP contribution in [0.1, 0.15) is 18.9 Å². The summed E-state index contributed by atoms with van der Waals surface area (Å²) in [5, 5.41) is 2.39. The number of halogens is 1. The van der Waals surface area contributed by atoms with E-state index in [1.54, 1.807) is 6.07 Å². The van der Waals surface area contributed by atoms with Crippen molar-refractivity contribution in [3.05, 3.63) is 59.4 Å². The molecule has 6 nitrogen and oxygen atoms in total. The summed E-state index contributed by atoms with van der Waals surface area (Å²) >= 11 is 0. The molecule has 1 aromatic rings. The first-order valence-electron chi connectivity index (χ1n) is 8.21. The van der Waals surface area contributed by atoms with Crippen LogP contribution in [0.5, 0.6) is 0 Å². The van der Waals surface area contributed by atoms with Gasteiger partial charge in [-0.3, -0.25) is 4.55 Å². The van der Waals surface area contributed by atoms with Crippen molar-refractivity contribution in [3.8, 4) is 0 Å². The number of rotatable bonds is 7. The molecule has 0 radical (unpaired) electrons. The maximum absolute atomic E-state index is 13.8. The smallest absolute Gasteiger partial charge is 0.407 e. The number of carbonyl (C=O) groups excluding carboxylic acids is 1. The molecule has 2 N–H and O–H groups in total. The van der Waals surface area contributed by atoms with Crippen molar-refractivity contribution in [1.29, 1.82) is 0 Å². The molecule has 1 aliphatic carbocycles. The van der Waals surface area contributed by atoms with Crippen molar-refractivity contribution in [2.24, 2.45) is 5.92 Å². The SMILES string of the molecule is CC1C=CC=C(COC(=O)N[C@H](Cc2ccccc2F)CS(=O)(=O)O)C1. The van der Waals surface area contributed by atoms with Gasteiger partial charge in [-0.2, -0.15) is 8.42 Å². The highest BCUT2D eigenvalue weighted by molar-refractivity contribution is 7.85. The fourth-order valence-corrected chi connectivity index (χ4v) is 3.45. The topological polar surface area (TPSA) is 92.7 Å². The van der Waals surface area contributed by atoms with Gasteiger partial charge in [-0.1, -0.05) is 43.4 Å². The molecule has 142 valence electrons. The van der Waals surface area contributed by atoms with Crippen LogP contribution in [0.4, 0.5) is 9.18 Å². The van der Waals surface area contributed by atoms with E-state index in [2.05, 4.69) is 5.32 Å². The number of hydrogen-bond donors (Lipinski definition) is 2. The van der Waals surface area contributed by atoms with Crippen LogP contribution >= 0.6 is 0 Å². The maximum atomic E-state index is 13.8. The molecule has 0 saturated carbocycles. The summed E-state index contributed by atoms with van der Waals surface area (Å²) in [6, 6.07) is 4.81. The highest BCUT2D eigenvalue weighted by Crippen LogP contribution is 2.18. The van der Waals surface area contributed by atoms with Gasteiger partial charge in [-0.15, -0.1) is 0 Å². The summed E-state index contributed by atoms with van der Waals surface area (Å²) in [5.41, 5.74) is 1.17. The van der Waals surface area contributed by atoms with Crippen molar-refractivity contribution in [2.45, 2.75) is 25.8 Å². The third-order valence-electron chi connectivity index (χ3n) is 3.90. The molecule has 0 bridgehead atoms. The van der Waals surface area contributed by atoms with Crippen LogP contribution < -0.4 is 5.32 Å². The molecule has 0 spiro atoms. The largest absolute Gasteiger partial charge is 0.445 e. The van der Waals surface area contributed by atoms with Gasteiger partial charge in [0.25, 0.3) is 10.1 Å². The fourth-order valence-electron chi connectivity index (χ4n) is 2.74. The Morgan fingerprint density at radius 1 is 1.42 bits per heavy atom. The quantitative estimate of drug-likeness (QED) is 0.707. The molecule has 1 aliphatic rings. The van der Waals surface area contributed by atoms with Gasteiger partial charge in [-0.25, -0.2) is 9.18 Å². The zero-order chi connectivity index (χ0) is 19.2. The van der Waals surface area contributed by atoms with Gasteiger partial charge in [0.2, 0.25) is 0 Å². The van der Waals surface area contributed by atoms with Crippen LogP contribution in [0.15, 0.2) is 48.1 Å². The Hall–Kier alpha value is -2.19. The molecule has 0 saturated heterocycles. The van der Waals surface area contributed by atoms with E-state index in [9.17, 15) is 17.6 Å². The van der Waals surface area contributed by atoms with Crippen molar-refractivity contribution < 1.29 is 26.9 Å². The molecular weight excluding hydrogens is 361 g/mol. The summed E-state index contributed by atoms with van der Waals surface area (Å²) in [7, 11) is -4.36. The number of carbonyl (C=O) groups is 1. The Morgan fingerprint density at radius 3 is 2.81 bits per heavy atom. The molecule has 26 heavy (non-hydrogen) atoms. The van der Waals surface area contributed by atoms with Crippen molar-refractivity contribution in [3.63, 3.8) is 0 Å². The van der Waals surface area contributed by atoms with Gasteiger partial charge in [0, 0.05) is 0 Å². The molecule has 8 heteroatoms. The zero-order valence-corrected chi connectivity index (χ0v) is 15.2. The average Bonchev–Trinajstić information content (AvgIpc) is 2.54. The van der Waals surface area contributed by atoms with Crippen LogP contribution in [0.25, 0.3) is 0 Å². The zero-order valence-electron chi connectivity index (χ0n) is 14.4. The van der Waals surface area contributed by atoms with Gasteiger partial charge in [0.05, 0.1) is 11.8 Å². The van der Waals surface area contributed by atoms with Gasteiger partial charge < -0.3 is 10.1 Å². The number of alkyl carbamates (subject to hydrolysis) is 1. The number of ether oxygens (including phenoxy) is 1. The van der Waals surface area contributed by atoms with Gasteiger partial charge in [0.1, 0.15) is 12.4 Å². The molecule has 1 amide bonds. The predicted octanol–water partition coefficient (Wildman–Crippen LogP) is 2.87. The van der Waals surface area contributed by atoms with Crippen molar-refractivity contribution >= 4 is 16.2 Å². The average molecular weight is 383 g/mol. The van der Waals surface area contributed by atoms with Gasteiger partial charge in [0.15, 0.2) is 0 Å². The van der Waals surface area contributed by atoms with E-state index in [-0.39, 0.29) is 18.6 Å². The second-order valence-corrected chi connectivity index (χ2v) is 7.85. The highest BCUT2D eigenvalue weighted by atomic mass is 32.2. The minimum atomic E-state index is -4.36. The number of allylic oxidation sites excluding steroid dienone is 3. The van der Waals surface area contributed by atoms with Crippen LogP contribution in [0, 0.1) is 11.7 Å². The van der Waals surface area contributed by atoms with E-state index in [0.717, 1.165) is 12.0 Å². The summed E-state index contributed by atoms with van der Waals surface area (Å²) in [4.78, 5) is 12.0. The standard InChI is InChI=1S/C18H22FNO5S/c1-13-5-4-6-14(9-13)11-25-18(21)20-16(12-26(22,23)24)10-15-7-2-3-8-17(15)19/h2-8,13,16H,9-12H2,1H3,(H,20,21)(H,22,23,24)/t13?,16-/m1/s1. The summed E-state index contributed by atoms with van der Waals surface area (Å²) in [5.74, 6) is -0.898. The predicted molar refractivity (Wildman–Crippen MR) is 95.8 cm³/mol. The van der Waals surface area contributed by atoms with Gasteiger partial charge in [-0.05, 0) is 36.0 Å². The first-order chi connectivity index (χ1) is 12.2. The van der Waals surface area contributed by atoms with E-state index in [1.807, 2.05) is 25.2 Å². The Morgan fingerprint density at radius 2 is 2.15 bits per heavy atom. The second-order valence-electron chi connectivity index (χ2n) is 6.35. The van der Waals surface area contributed by atoms with Crippen LogP contribution in [0.3, 0.4) is 0 Å². The normalized spacial score (nSPS) is 18.1. The molecule has 1 unspecified atom stereocenters. The highest BCUT2D eigenvalue weighted by Gasteiger charge is 2.22. The molecule has 0 fully saturated rings. The minimum absolute atomic E-state index is 0.0821. The first-order valence-corrected chi connectivity index (χ1v) is 9.82. The number of nitrogens with one attached hydrogen (secondary N) is 1. The van der Waals surface area contributed by atoms with E-state index < -0.39 is 33.8 Å². The molecule has 2 rings (SSSR count). The van der Waals surface area contributed by atoms with E-state index >= 15 is 0 Å². The van der Waals surface area contributed by atoms with Gasteiger partial charge >= 0.3 is 6.09 Å². The third kappa shape index (κ3) is 6.97. The lowest BCUT2D eigenvalue weighted by Crippen LogP contribution is -2.42. The molecule has 0 aromatic heterocycles. The lowest BCUT2D eigenvalue weighted by atomic mass is 9.97. The molecular formula is C18H22FNO5S. The van der Waals surface area contributed by atoms with Crippen molar-refractivity contribution in [2.75, 3.05) is 12.4 Å². The van der Waals surface area contributed by atoms with Crippen LogP contribution in [-0.4, -0.2) is 37.5 Å². The monoisotopic (exact) mass is 383 g/mol. The van der Waals surface area contributed by atoms with E-state index in [1.165, 1.54) is 18.2 Å². The Balaban J connectivity index is 1.97. The van der Waals surface area contributed by atoms with E-state index in [0.29, 0.717) is 5.92 Å². The third-order valence-corrected chi connectivity index (χ3v) is 4.73. The second kappa shape index (κ2) is 8.95. The number of benzene rings is 1. The number of amides is 1. The summed E-state index contributed by atoms with van der Waals surface area (Å²) < 4.78 is 50.4. The van der Waals surface area contributed by atoms with Crippen LogP contribution in [-0.2, 0) is 21.3 Å². The first kappa shape index (κ1) is 20.1. The van der Waals surface area contributed by atoms with Crippen molar-refractivity contribution in [1.82, 2.24) is 5.32 Å². The van der Waals surface area contributed by atoms with Crippen LogP contribution in [0.2, 0.25) is 0 Å². The maximum Gasteiger partial charge on any atom is 0.407 e. The fraction of sp³-hybridized carbons (Fsp3) is 0.389. The molecule has 2 atom stereocenters. The minimum Gasteiger partial charge on any atom is -0.445 e. The molecule has 1 aromatic carbocycles. The van der Waals surface area contributed by atoms with E-state index in [4.69, 9.17) is 9.29 Å².